The van der Waals surface area contributed by atoms with Gasteiger partial charge in [0.15, 0.2) is 9.84 Å². The molecule has 1 amide bonds. The average molecular weight is 361 g/mol. The number of methoxy groups -OCH3 is 1. The molecule has 0 aliphatic heterocycles. The monoisotopic (exact) mass is 361 g/mol. The second-order valence-electron chi connectivity index (χ2n) is 5.62. The van der Waals surface area contributed by atoms with E-state index in [2.05, 4.69) is 4.74 Å². The second kappa shape index (κ2) is 7.48. The van der Waals surface area contributed by atoms with E-state index in [-0.39, 0.29) is 17.0 Å². The van der Waals surface area contributed by atoms with Crippen molar-refractivity contribution in [3.8, 4) is 0 Å². The third-order valence-corrected chi connectivity index (χ3v) is 4.81. The molecule has 7 heteroatoms. The van der Waals surface area contributed by atoms with Gasteiger partial charge in [-0.2, -0.15) is 0 Å². The highest BCUT2D eigenvalue weighted by Crippen LogP contribution is 2.18. The zero-order valence-corrected chi connectivity index (χ0v) is 15.0. The van der Waals surface area contributed by atoms with Gasteiger partial charge in [-0.15, -0.1) is 0 Å². The first-order valence-corrected chi connectivity index (χ1v) is 9.35. The third-order valence-electron chi connectivity index (χ3n) is 3.66. The molecular formula is C18H19NO5S. The molecular weight excluding hydrogens is 342 g/mol. The van der Waals surface area contributed by atoms with Gasteiger partial charge in [0, 0.05) is 19.8 Å². The molecule has 0 atom stereocenters. The maximum Gasteiger partial charge on any atom is 0.337 e. The molecule has 132 valence electrons. The van der Waals surface area contributed by atoms with Crippen molar-refractivity contribution >= 4 is 21.7 Å². The topological polar surface area (TPSA) is 80.8 Å². The summed E-state index contributed by atoms with van der Waals surface area (Å²) in [6, 6.07) is 12.8. The minimum absolute atomic E-state index is 0.00730. The van der Waals surface area contributed by atoms with Gasteiger partial charge in [-0.3, -0.25) is 4.79 Å². The summed E-state index contributed by atoms with van der Waals surface area (Å²) in [6.07, 6.45) is 1.07. The summed E-state index contributed by atoms with van der Waals surface area (Å²) in [6.45, 7) is 0.276. The second-order valence-corrected chi connectivity index (χ2v) is 7.60. The van der Waals surface area contributed by atoms with Gasteiger partial charge in [0.1, 0.15) is 0 Å². The van der Waals surface area contributed by atoms with Crippen LogP contribution in [0.1, 0.15) is 26.3 Å². The number of amides is 1. The van der Waals surface area contributed by atoms with E-state index in [1.54, 1.807) is 43.4 Å². The van der Waals surface area contributed by atoms with Crippen molar-refractivity contribution in [3.05, 3.63) is 65.2 Å². The van der Waals surface area contributed by atoms with Crippen molar-refractivity contribution in [1.29, 1.82) is 0 Å². The summed E-state index contributed by atoms with van der Waals surface area (Å²) >= 11 is 0. The molecule has 2 aromatic rings. The van der Waals surface area contributed by atoms with E-state index in [1.165, 1.54) is 24.1 Å². The minimum atomic E-state index is -3.50. The van der Waals surface area contributed by atoms with Crippen LogP contribution >= 0.6 is 0 Å². The molecule has 0 radical (unpaired) electrons. The summed E-state index contributed by atoms with van der Waals surface area (Å²) in [5.41, 5.74) is 1.36. The predicted octanol–water partition coefficient (Wildman–Crippen LogP) is 2.15. The highest BCUT2D eigenvalue weighted by molar-refractivity contribution is 7.90. The van der Waals surface area contributed by atoms with Crippen molar-refractivity contribution in [2.24, 2.45) is 0 Å². The van der Waals surface area contributed by atoms with Gasteiger partial charge in [-0.25, -0.2) is 13.2 Å². The molecule has 0 aromatic heterocycles. The number of esters is 1. The average Bonchev–Trinajstić information content (AvgIpc) is 2.60. The number of carbonyl (C=O) groups excluding carboxylic acids is 2. The first kappa shape index (κ1) is 18.7. The Kier molecular flexibility index (Phi) is 5.58. The van der Waals surface area contributed by atoms with Crippen LogP contribution in [0, 0.1) is 0 Å². The maximum atomic E-state index is 12.6. The molecule has 0 aliphatic rings. The van der Waals surface area contributed by atoms with Gasteiger partial charge in [0.05, 0.1) is 23.1 Å². The zero-order valence-electron chi connectivity index (χ0n) is 14.2. The molecule has 2 rings (SSSR count). The lowest BCUT2D eigenvalue weighted by molar-refractivity contribution is 0.0600. The predicted molar refractivity (Wildman–Crippen MR) is 93.1 cm³/mol. The Balaban J connectivity index is 2.20. The van der Waals surface area contributed by atoms with E-state index < -0.39 is 21.7 Å². The van der Waals surface area contributed by atoms with Gasteiger partial charge in [-0.05, 0) is 29.8 Å². The van der Waals surface area contributed by atoms with Crippen molar-refractivity contribution in [1.82, 2.24) is 4.90 Å². The molecule has 0 unspecified atom stereocenters. The van der Waals surface area contributed by atoms with E-state index in [1.807, 2.05) is 0 Å². The van der Waals surface area contributed by atoms with E-state index in [0.717, 1.165) is 11.8 Å². The first-order valence-electron chi connectivity index (χ1n) is 7.46. The third kappa shape index (κ3) is 4.45. The van der Waals surface area contributed by atoms with Crippen LogP contribution in [0.5, 0.6) is 0 Å². The molecule has 2 aromatic carbocycles. The van der Waals surface area contributed by atoms with E-state index in [0.29, 0.717) is 5.56 Å². The number of rotatable bonds is 5. The SMILES string of the molecule is COC(=O)c1ccc(CN(C)C(=O)c2ccccc2S(C)(=O)=O)cc1. The van der Waals surface area contributed by atoms with Crippen LogP contribution < -0.4 is 0 Å². The molecule has 0 spiro atoms. The Morgan fingerprint density at radius 2 is 1.64 bits per heavy atom. The summed E-state index contributed by atoms with van der Waals surface area (Å²) in [7, 11) is -0.602. The van der Waals surface area contributed by atoms with E-state index in [4.69, 9.17) is 0 Å². The van der Waals surface area contributed by atoms with Crippen molar-refractivity contribution in [2.45, 2.75) is 11.4 Å². The number of nitrogens with zero attached hydrogens (tertiary/aromatic N) is 1. The smallest absolute Gasteiger partial charge is 0.337 e. The number of benzene rings is 2. The van der Waals surface area contributed by atoms with E-state index >= 15 is 0 Å². The highest BCUT2D eigenvalue weighted by Gasteiger charge is 2.21. The molecule has 0 fully saturated rings. The van der Waals surface area contributed by atoms with Gasteiger partial charge in [0.25, 0.3) is 5.91 Å². The maximum absolute atomic E-state index is 12.6. The fourth-order valence-corrected chi connectivity index (χ4v) is 3.26. The van der Waals surface area contributed by atoms with Crippen molar-refractivity contribution in [3.63, 3.8) is 0 Å². The number of hydrogen-bond donors (Lipinski definition) is 0. The molecule has 0 N–H and O–H groups in total. The fourth-order valence-electron chi connectivity index (χ4n) is 2.38. The van der Waals surface area contributed by atoms with Crippen LogP contribution in [0.25, 0.3) is 0 Å². The summed E-state index contributed by atoms with van der Waals surface area (Å²) in [4.78, 5) is 25.5. The van der Waals surface area contributed by atoms with Crippen LogP contribution in [-0.4, -0.2) is 45.6 Å². The summed E-state index contributed by atoms with van der Waals surface area (Å²) in [5.74, 6) is -0.823. The standard InChI is InChI=1S/C18H19NO5S/c1-19(12-13-8-10-14(11-9-13)18(21)24-2)17(20)15-6-4-5-7-16(15)25(3,22)23/h4-11H,12H2,1-3H3. The van der Waals surface area contributed by atoms with Crippen LogP contribution in [0.15, 0.2) is 53.4 Å². The summed E-state index contributed by atoms with van der Waals surface area (Å²) < 4.78 is 28.3. The molecule has 0 aliphatic carbocycles. The van der Waals surface area contributed by atoms with Gasteiger partial charge in [-0.1, -0.05) is 24.3 Å². The summed E-state index contributed by atoms with van der Waals surface area (Å²) in [5, 5.41) is 0. The van der Waals surface area contributed by atoms with Crippen LogP contribution in [0.3, 0.4) is 0 Å². The molecule has 6 nitrogen and oxygen atoms in total. The quantitative estimate of drug-likeness (QED) is 0.762. The number of carbonyl (C=O) groups is 2. The van der Waals surface area contributed by atoms with Crippen molar-refractivity contribution in [2.75, 3.05) is 20.4 Å². The Hall–Kier alpha value is -2.67. The van der Waals surface area contributed by atoms with Crippen LogP contribution in [0.2, 0.25) is 0 Å². The fraction of sp³-hybridized carbons (Fsp3) is 0.222. The Morgan fingerprint density at radius 1 is 1.04 bits per heavy atom. The highest BCUT2D eigenvalue weighted by atomic mass is 32.2. The van der Waals surface area contributed by atoms with Crippen molar-refractivity contribution < 1.29 is 22.7 Å². The zero-order chi connectivity index (χ0) is 18.6. The lowest BCUT2D eigenvalue weighted by Crippen LogP contribution is -2.27. The normalized spacial score (nSPS) is 11.0. The molecule has 25 heavy (non-hydrogen) atoms. The molecule has 0 saturated carbocycles. The molecule has 0 bridgehead atoms. The van der Waals surface area contributed by atoms with Crippen LogP contribution in [-0.2, 0) is 21.1 Å². The lowest BCUT2D eigenvalue weighted by atomic mass is 10.1. The lowest BCUT2D eigenvalue weighted by Gasteiger charge is -2.19. The van der Waals surface area contributed by atoms with Gasteiger partial charge >= 0.3 is 5.97 Å². The first-order chi connectivity index (χ1) is 11.7. The Labute approximate surface area is 146 Å². The van der Waals surface area contributed by atoms with Crippen LogP contribution in [0.4, 0.5) is 0 Å². The van der Waals surface area contributed by atoms with E-state index in [9.17, 15) is 18.0 Å². The van der Waals surface area contributed by atoms with Gasteiger partial charge in [0.2, 0.25) is 0 Å². The number of hydrogen-bond acceptors (Lipinski definition) is 5. The number of ether oxygens (including phenoxy) is 1. The molecule has 0 saturated heterocycles. The Bertz CT molecular complexity index is 888. The minimum Gasteiger partial charge on any atom is -0.465 e. The Morgan fingerprint density at radius 3 is 2.20 bits per heavy atom. The largest absolute Gasteiger partial charge is 0.465 e. The molecule has 0 heterocycles. The van der Waals surface area contributed by atoms with Gasteiger partial charge < -0.3 is 9.64 Å². The number of sulfone groups is 1.